The molecule has 1 aromatic carbocycles. The number of carbonyl (C=O) groups is 1. The van der Waals surface area contributed by atoms with Crippen molar-refractivity contribution in [3.63, 3.8) is 0 Å². The Kier molecular flexibility index (Phi) is 8.70. The van der Waals surface area contributed by atoms with Crippen molar-refractivity contribution in [2.24, 2.45) is 5.73 Å². The largest absolute Gasteiger partial charge is 0.439 e. The van der Waals surface area contributed by atoms with Gasteiger partial charge in [-0.2, -0.15) is 13.2 Å². The maximum atomic E-state index is 12.6. The molecule has 0 spiro atoms. The van der Waals surface area contributed by atoms with Crippen LogP contribution in [-0.4, -0.2) is 29.6 Å². The summed E-state index contributed by atoms with van der Waals surface area (Å²) in [5.74, 6) is 0.0840. The number of benzene rings is 1. The number of hydrogen-bond donors (Lipinski definition) is 2. The zero-order valence-corrected chi connectivity index (χ0v) is 16.7. The second-order valence-electron chi connectivity index (χ2n) is 6.23. The number of nitrogens with zero attached hydrogens (tertiary/aromatic N) is 1. The lowest BCUT2D eigenvalue weighted by atomic mass is 9.90. The minimum absolute atomic E-state index is 0. The Labute approximate surface area is 177 Å². The molecule has 0 aliphatic carbocycles. The van der Waals surface area contributed by atoms with Crippen LogP contribution in [0, 0.1) is 0 Å². The number of nitrogens with two attached hydrogens (primary N) is 1. The molecule has 29 heavy (non-hydrogen) atoms. The first-order valence-corrected chi connectivity index (χ1v) is 8.25. The van der Waals surface area contributed by atoms with E-state index in [0.717, 1.165) is 12.1 Å². The third kappa shape index (κ3) is 6.46. The fraction of sp³-hybridized carbons (Fsp3) is 0.333. The van der Waals surface area contributed by atoms with E-state index >= 15 is 0 Å². The topological polar surface area (TPSA) is 86.5 Å². The fourth-order valence-electron chi connectivity index (χ4n) is 2.57. The van der Waals surface area contributed by atoms with Crippen molar-refractivity contribution >= 4 is 36.4 Å². The second-order valence-corrected chi connectivity index (χ2v) is 6.23. The van der Waals surface area contributed by atoms with Crippen LogP contribution in [0.1, 0.15) is 18.4 Å². The first kappa shape index (κ1) is 25.0. The highest BCUT2D eigenvalue weighted by Crippen LogP contribution is 2.31. The smallest absolute Gasteiger partial charge is 0.416 e. The number of alkyl halides is 3. The molecule has 0 atom stereocenters. The van der Waals surface area contributed by atoms with E-state index in [1.165, 1.54) is 24.4 Å². The van der Waals surface area contributed by atoms with Crippen molar-refractivity contribution in [2.45, 2.75) is 24.6 Å². The molecule has 160 valence electrons. The van der Waals surface area contributed by atoms with Crippen LogP contribution in [0.4, 0.5) is 18.9 Å². The van der Waals surface area contributed by atoms with Crippen LogP contribution in [-0.2, 0) is 15.7 Å². The Hall–Kier alpha value is -2.07. The number of aromatic nitrogens is 1. The molecule has 6 nitrogen and oxygen atoms in total. The molecule has 0 bridgehead atoms. The number of anilines is 1. The molecule has 3 rings (SSSR count). The van der Waals surface area contributed by atoms with Crippen LogP contribution in [0.3, 0.4) is 0 Å². The van der Waals surface area contributed by atoms with Gasteiger partial charge in [0.25, 0.3) is 0 Å². The first-order valence-electron chi connectivity index (χ1n) is 8.25. The van der Waals surface area contributed by atoms with Crippen molar-refractivity contribution < 1.29 is 27.4 Å². The van der Waals surface area contributed by atoms with E-state index in [-0.39, 0.29) is 42.4 Å². The molecular formula is C18H20Cl2F3N3O3. The normalized spacial score (nSPS) is 15.4. The average molecular weight is 454 g/mol. The monoisotopic (exact) mass is 453 g/mol. The third-order valence-corrected chi connectivity index (χ3v) is 4.24. The van der Waals surface area contributed by atoms with Gasteiger partial charge in [0.05, 0.1) is 17.4 Å². The van der Waals surface area contributed by atoms with Crippen molar-refractivity contribution in [1.82, 2.24) is 4.98 Å². The van der Waals surface area contributed by atoms with E-state index in [1.54, 1.807) is 6.07 Å². The number of nitrogens with one attached hydrogen (secondary N) is 1. The number of rotatable bonds is 4. The van der Waals surface area contributed by atoms with Gasteiger partial charge in [-0.3, -0.25) is 4.79 Å². The molecular weight excluding hydrogens is 434 g/mol. The summed E-state index contributed by atoms with van der Waals surface area (Å²) < 4.78 is 48.3. The molecule has 1 aliphatic rings. The summed E-state index contributed by atoms with van der Waals surface area (Å²) in [4.78, 5) is 16.4. The Bertz CT molecular complexity index is 797. The summed E-state index contributed by atoms with van der Waals surface area (Å²) in [7, 11) is 0. The quantitative estimate of drug-likeness (QED) is 0.724. The highest BCUT2D eigenvalue weighted by Gasteiger charge is 2.36. The van der Waals surface area contributed by atoms with Crippen molar-refractivity contribution in [1.29, 1.82) is 0 Å². The predicted octanol–water partition coefficient (Wildman–Crippen LogP) is 4.18. The van der Waals surface area contributed by atoms with Crippen molar-refractivity contribution in [3.05, 3.63) is 48.2 Å². The van der Waals surface area contributed by atoms with Crippen LogP contribution in [0.25, 0.3) is 0 Å². The van der Waals surface area contributed by atoms with Crippen LogP contribution in [0.5, 0.6) is 11.6 Å². The maximum Gasteiger partial charge on any atom is 0.416 e. The first-order chi connectivity index (χ1) is 12.8. The Morgan fingerprint density at radius 1 is 1.10 bits per heavy atom. The number of carbonyl (C=O) groups excluding carboxylic acids is 1. The summed E-state index contributed by atoms with van der Waals surface area (Å²) in [5, 5.41) is 2.70. The SMILES string of the molecule is Cl.Cl.NC1(C(=O)Nc2ccc(Oc3ccc(C(F)(F)F)cc3)nc2)CCOCC1. The second kappa shape index (κ2) is 10.1. The maximum absolute atomic E-state index is 12.6. The van der Waals surface area contributed by atoms with E-state index in [0.29, 0.717) is 31.7 Å². The van der Waals surface area contributed by atoms with Gasteiger partial charge < -0.3 is 20.5 Å². The molecule has 2 heterocycles. The van der Waals surface area contributed by atoms with Gasteiger partial charge in [0.1, 0.15) is 11.3 Å². The van der Waals surface area contributed by atoms with Crippen LogP contribution < -0.4 is 15.8 Å². The summed E-state index contributed by atoms with van der Waals surface area (Å²) in [6.45, 7) is 0.865. The molecule has 1 saturated heterocycles. The molecule has 11 heteroatoms. The Morgan fingerprint density at radius 3 is 2.24 bits per heavy atom. The molecule has 0 unspecified atom stereocenters. The number of halogens is 5. The zero-order valence-electron chi connectivity index (χ0n) is 15.1. The molecule has 1 fully saturated rings. The van der Waals surface area contributed by atoms with Gasteiger partial charge in [-0.15, -0.1) is 24.8 Å². The van der Waals surface area contributed by atoms with E-state index in [4.69, 9.17) is 15.2 Å². The van der Waals surface area contributed by atoms with Gasteiger partial charge in [0.2, 0.25) is 11.8 Å². The third-order valence-electron chi connectivity index (χ3n) is 4.24. The number of amides is 1. The highest BCUT2D eigenvalue weighted by atomic mass is 35.5. The lowest BCUT2D eigenvalue weighted by Gasteiger charge is -2.31. The summed E-state index contributed by atoms with van der Waals surface area (Å²) in [5.41, 5.74) is 4.81. The molecule has 2 aromatic rings. The summed E-state index contributed by atoms with van der Waals surface area (Å²) >= 11 is 0. The van der Waals surface area contributed by atoms with Gasteiger partial charge in [0, 0.05) is 19.3 Å². The van der Waals surface area contributed by atoms with E-state index < -0.39 is 17.3 Å². The Morgan fingerprint density at radius 2 is 1.72 bits per heavy atom. The molecule has 0 saturated carbocycles. The average Bonchev–Trinajstić information content (AvgIpc) is 2.64. The van der Waals surface area contributed by atoms with Crippen molar-refractivity contribution in [3.8, 4) is 11.6 Å². The molecule has 1 amide bonds. The molecule has 0 radical (unpaired) electrons. The Balaban J connectivity index is 0.00000210. The molecule has 3 N–H and O–H groups in total. The summed E-state index contributed by atoms with van der Waals surface area (Å²) in [6.07, 6.45) is -2.15. The van der Waals surface area contributed by atoms with E-state index in [1.807, 2.05) is 0 Å². The van der Waals surface area contributed by atoms with Gasteiger partial charge in [0.15, 0.2) is 0 Å². The van der Waals surface area contributed by atoms with Gasteiger partial charge in [-0.05, 0) is 43.2 Å². The van der Waals surface area contributed by atoms with Crippen LogP contribution in [0.15, 0.2) is 42.6 Å². The van der Waals surface area contributed by atoms with E-state index in [2.05, 4.69) is 10.3 Å². The number of ether oxygens (including phenoxy) is 2. The lowest BCUT2D eigenvalue weighted by molar-refractivity contribution is -0.137. The standard InChI is InChI=1S/C18H18F3N3O3.2ClH/c19-18(20,21)12-1-4-14(5-2-12)27-15-6-3-13(11-23-15)24-16(25)17(22)7-9-26-10-8-17;;/h1-6,11H,7-10,22H2,(H,24,25);2*1H. The number of pyridine rings is 1. The number of hydrogen-bond acceptors (Lipinski definition) is 5. The van der Waals surface area contributed by atoms with E-state index in [9.17, 15) is 18.0 Å². The predicted molar refractivity (Wildman–Crippen MR) is 106 cm³/mol. The minimum Gasteiger partial charge on any atom is -0.439 e. The molecule has 1 aromatic heterocycles. The van der Waals surface area contributed by atoms with Gasteiger partial charge in [-0.1, -0.05) is 0 Å². The minimum atomic E-state index is -4.40. The van der Waals surface area contributed by atoms with Crippen molar-refractivity contribution in [2.75, 3.05) is 18.5 Å². The van der Waals surface area contributed by atoms with Crippen LogP contribution >= 0.6 is 24.8 Å². The lowest BCUT2D eigenvalue weighted by Crippen LogP contribution is -2.54. The van der Waals surface area contributed by atoms with Gasteiger partial charge in [-0.25, -0.2) is 4.98 Å². The summed E-state index contributed by atoms with van der Waals surface area (Å²) in [6, 6.07) is 7.36. The van der Waals surface area contributed by atoms with Gasteiger partial charge >= 0.3 is 6.18 Å². The fourth-order valence-corrected chi connectivity index (χ4v) is 2.57. The highest BCUT2D eigenvalue weighted by molar-refractivity contribution is 5.97. The zero-order chi connectivity index (χ0) is 19.5. The molecule has 1 aliphatic heterocycles. The van der Waals surface area contributed by atoms with Crippen LogP contribution in [0.2, 0.25) is 0 Å².